The maximum Gasteiger partial charge on any atom is 0.359 e. The van der Waals surface area contributed by atoms with Gasteiger partial charge in [-0.3, -0.25) is 24.2 Å². The first-order valence-electron chi connectivity index (χ1n) is 10.5. The van der Waals surface area contributed by atoms with Gasteiger partial charge in [-0.15, -0.1) is 0 Å². The Hall–Kier alpha value is -4.67. The predicted octanol–water partition coefficient (Wildman–Crippen LogP) is 1.25. The zero-order valence-electron chi connectivity index (χ0n) is 18.3. The minimum Gasteiger partial charge on any atom is -0.451 e. The number of fused-ring (bicyclic) bond motifs is 1. The summed E-state index contributed by atoms with van der Waals surface area (Å²) in [6.45, 7) is 1.14. The third-order valence-electron chi connectivity index (χ3n) is 5.28. The monoisotopic (exact) mass is 462 g/mol. The van der Waals surface area contributed by atoms with Crippen molar-refractivity contribution in [3.8, 4) is 0 Å². The number of likely N-dealkylation sites (N-methyl/N-ethyl adjacent to an activating group) is 1. The summed E-state index contributed by atoms with van der Waals surface area (Å²) in [7, 11) is 0. The number of esters is 1. The number of nitrogens with zero attached hydrogens (tertiary/aromatic N) is 3. The highest BCUT2D eigenvalue weighted by molar-refractivity contribution is 6.03. The molecule has 0 aliphatic heterocycles. The molecule has 34 heavy (non-hydrogen) atoms. The van der Waals surface area contributed by atoms with Crippen LogP contribution in [0.5, 0.6) is 0 Å². The van der Waals surface area contributed by atoms with Crippen molar-refractivity contribution in [3.63, 3.8) is 0 Å². The van der Waals surface area contributed by atoms with E-state index in [1.807, 2.05) is 18.2 Å². The number of H-pyrrole nitrogens is 2. The molecule has 4 rings (SSSR count). The Bertz CT molecular complexity index is 1470. The molecular formula is C23H22N6O5. The van der Waals surface area contributed by atoms with Crippen LogP contribution in [0.15, 0.2) is 64.2 Å². The van der Waals surface area contributed by atoms with Gasteiger partial charge in [-0.25, -0.2) is 9.59 Å². The number of nitrogens with one attached hydrogen (secondary N) is 2. The summed E-state index contributed by atoms with van der Waals surface area (Å²) in [5, 5.41) is 7.23. The molecule has 4 aromatic rings. The van der Waals surface area contributed by atoms with Crippen molar-refractivity contribution in [2.24, 2.45) is 0 Å². The molecule has 11 nitrogen and oxygen atoms in total. The van der Waals surface area contributed by atoms with E-state index in [2.05, 4.69) is 15.2 Å². The van der Waals surface area contributed by atoms with Crippen molar-refractivity contribution in [3.05, 3.63) is 86.7 Å². The molecule has 0 aliphatic carbocycles. The molecule has 0 unspecified atom stereocenters. The Kier molecular flexibility index (Phi) is 6.26. The van der Waals surface area contributed by atoms with Crippen molar-refractivity contribution in [1.29, 1.82) is 0 Å². The summed E-state index contributed by atoms with van der Waals surface area (Å²) in [6, 6.07) is 16.0. The van der Waals surface area contributed by atoms with Gasteiger partial charge in [0.15, 0.2) is 18.0 Å². The topological polar surface area (TPSA) is 156 Å². The predicted molar refractivity (Wildman–Crippen MR) is 126 cm³/mol. The van der Waals surface area contributed by atoms with Crippen molar-refractivity contribution in [2.45, 2.75) is 13.5 Å². The lowest BCUT2D eigenvalue weighted by atomic mass is 10.2. The number of anilines is 2. The maximum atomic E-state index is 12.9. The van der Waals surface area contributed by atoms with E-state index in [-0.39, 0.29) is 30.3 Å². The molecule has 0 bridgehead atoms. The molecule has 0 fully saturated rings. The van der Waals surface area contributed by atoms with Crippen LogP contribution >= 0.6 is 0 Å². The number of rotatable bonds is 7. The van der Waals surface area contributed by atoms with Gasteiger partial charge in [0.25, 0.3) is 11.5 Å². The average molecular weight is 462 g/mol. The smallest absolute Gasteiger partial charge is 0.359 e. The highest BCUT2D eigenvalue weighted by Gasteiger charge is 2.25. The van der Waals surface area contributed by atoms with Gasteiger partial charge in [-0.05, 0) is 18.6 Å². The fourth-order valence-electron chi connectivity index (χ4n) is 3.61. The van der Waals surface area contributed by atoms with E-state index in [1.54, 1.807) is 43.3 Å². The minimum atomic E-state index is -0.813. The molecule has 2 heterocycles. The summed E-state index contributed by atoms with van der Waals surface area (Å²) in [4.78, 5) is 53.6. The van der Waals surface area contributed by atoms with Crippen LogP contribution in [0.1, 0.15) is 23.0 Å². The van der Waals surface area contributed by atoms with Crippen LogP contribution in [0.2, 0.25) is 0 Å². The Morgan fingerprint density at radius 3 is 2.53 bits per heavy atom. The van der Waals surface area contributed by atoms with Crippen LogP contribution in [-0.4, -0.2) is 44.8 Å². The number of aromatic amines is 2. The van der Waals surface area contributed by atoms with E-state index < -0.39 is 29.7 Å². The average Bonchev–Trinajstić information content (AvgIpc) is 3.27. The number of nitrogen functional groups attached to an aromatic ring is 1. The standard InChI is InChI=1S/C23H22N6O5/c1-2-28(17(30)13-34-22(32)18-15-10-6-7-11-16(15)26-27-18)19-20(24)29(23(33)25-21(19)31)12-14-8-4-3-5-9-14/h3-11H,2,12-13,24H2,1H3,(H,26,27)(H,25,31,33). The molecular weight excluding hydrogens is 440 g/mol. The Balaban J connectivity index is 1.57. The molecule has 2 aromatic heterocycles. The van der Waals surface area contributed by atoms with Crippen LogP contribution in [-0.2, 0) is 16.1 Å². The van der Waals surface area contributed by atoms with Gasteiger partial charge in [0, 0.05) is 11.9 Å². The Labute approximate surface area is 192 Å². The Morgan fingerprint density at radius 1 is 1.09 bits per heavy atom. The third-order valence-corrected chi connectivity index (χ3v) is 5.28. The number of aromatic nitrogens is 4. The van der Waals surface area contributed by atoms with Crippen LogP contribution in [0.4, 0.5) is 11.5 Å². The number of hydrogen-bond acceptors (Lipinski definition) is 7. The lowest BCUT2D eigenvalue weighted by molar-refractivity contribution is -0.121. The highest BCUT2D eigenvalue weighted by Crippen LogP contribution is 2.19. The van der Waals surface area contributed by atoms with Gasteiger partial charge in [-0.2, -0.15) is 5.10 Å². The van der Waals surface area contributed by atoms with E-state index in [9.17, 15) is 19.2 Å². The van der Waals surface area contributed by atoms with Crippen LogP contribution in [0.25, 0.3) is 10.9 Å². The summed E-state index contributed by atoms with van der Waals surface area (Å²) in [6.07, 6.45) is 0. The van der Waals surface area contributed by atoms with Crippen LogP contribution < -0.4 is 21.9 Å². The van der Waals surface area contributed by atoms with Crippen molar-refractivity contribution in [1.82, 2.24) is 19.7 Å². The molecule has 0 spiro atoms. The lowest BCUT2D eigenvalue weighted by Gasteiger charge is -2.23. The third kappa shape index (κ3) is 4.31. The number of amides is 1. The first kappa shape index (κ1) is 22.5. The second-order valence-electron chi connectivity index (χ2n) is 7.40. The normalized spacial score (nSPS) is 10.9. The number of carbonyl (C=O) groups excluding carboxylic acids is 2. The molecule has 2 aromatic carbocycles. The van der Waals surface area contributed by atoms with E-state index in [4.69, 9.17) is 10.5 Å². The first-order valence-corrected chi connectivity index (χ1v) is 10.5. The Morgan fingerprint density at radius 2 is 1.79 bits per heavy atom. The second kappa shape index (κ2) is 9.45. The zero-order valence-corrected chi connectivity index (χ0v) is 18.3. The van der Waals surface area contributed by atoms with Gasteiger partial charge in [-0.1, -0.05) is 48.5 Å². The summed E-state index contributed by atoms with van der Waals surface area (Å²) in [5.41, 5.74) is 5.94. The van der Waals surface area contributed by atoms with E-state index in [0.717, 1.165) is 10.5 Å². The molecule has 11 heteroatoms. The molecule has 1 amide bonds. The minimum absolute atomic E-state index is 0.0419. The number of para-hydroxylation sites is 1. The fraction of sp³-hybridized carbons (Fsp3) is 0.174. The molecule has 0 radical (unpaired) electrons. The zero-order chi connectivity index (χ0) is 24.2. The molecule has 0 saturated carbocycles. The summed E-state index contributed by atoms with van der Waals surface area (Å²) >= 11 is 0. The summed E-state index contributed by atoms with van der Waals surface area (Å²) in [5.74, 6) is -1.65. The van der Waals surface area contributed by atoms with E-state index >= 15 is 0 Å². The molecule has 174 valence electrons. The van der Waals surface area contributed by atoms with Gasteiger partial charge < -0.3 is 15.4 Å². The lowest BCUT2D eigenvalue weighted by Crippen LogP contribution is -2.42. The van der Waals surface area contributed by atoms with Crippen LogP contribution in [0.3, 0.4) is 0 Å². The van der Waals surface area contributed by atoms with Crippen LogP contribution in [0, 0.1) is 0 Å². The van der Waals surface area contributed by atoms with Gasteiger partial charge in [0.1, 0.15) is 5.82 Å². The van der Waals surface area contributed by atoms with Crippen molar-refractivity contribution < 1.29 is 14.3 Å². The molecule has 4 N–H and O–H groups in total. The number of carbonyl (C=O) groups is 2. The fourth-order valence-corrected chi connectivity index (χ4v) is 3.61. The van der Waals surface area contributed by atoms with Gasteiger partial charge in [0.2, 0.25) is 0 Å². The SMILES string of the molecule is CCN(C(=O)COC(=O)c1n[nH]c2ccccc12)c1c(N)n(Cc2ccccc2)c(=O)[nH]c1=O. The molecule has 0 atom stereocenters. The quantitative estimate of drug-likeness (QED) is 0.349. The maximum absolute atomic E-state index is 12.9. The number of benzene rings is 2. The molecule has 0 aliphatic rings. The van der Waals surface area contributed by atoms with Gasteiger partial charge >= 0.3 is 11.7 Å². The number of nitrogens with two attached hydrogens (primary N) is 1. The largest absolute Gasteiger partial charge is 0.451 e. The van der Waals surface area contributed by atoms with E-state index in [1.165, 1.54) is 4.57 Å². The highest BCUT2D eigenvalue weighted by atomic mass is 16.5. The summed E-state index contributed by atoms with van der Waals surface area (Å²) < 4.78 is 6.33. The number of ether oxygens (including phenoxy) is 1. The molecule has 0 saturated heterocycles. The van der Waals surface area contributed by atoms with Crippen molar-refractivity contribution >= 4 is 34.3 Å². The first-order chi connectivity index (χ1) is 16.4. The van der Waals surface area contributed by atoms with E-state index in [0.29, 0.717) is 10.9 Å². The van der Waals surface area contributed by atoms with Gasteiger partial charge in [0.05, 0.1) is 12.1 Å². The number of hydrogen-bond donors (Lipinski definition) is 3. The second-order valence-corrected chi connectivity index (χ2v) is 7.40. The van der Waals surface area contributed by atoms with Crippen molar-refractivity contribution in [2.75, 3.05) is 23.8 Å².